The molecule has 19 heavy (non-hydrogen) atoms. The molecule has 5 heteroatoms. The molecule has 0 aliphatic carbocycles. The minimum Gasteiger partial charge on any atom is -0.326 e. The summed E-state index contributed by atoms with van der Waals surface area (Å²) in [5.41, 5.74) is 7.42. The highest BCUT2D eigenvalue weighted by Gasteiger charge is 2.07. The van der Waals surface area contributed by atoms with Crippen LogP contribution in [-0.4, -0.2) is 10.9 Å². The van der Waals surface area contributed by atoms with Crippen molar-refractivity contribution in [3.05, 3.63) is 59.5 Å². The zero-order valence-electron chi connectivity index (χ0n) is 10.3. The van der Waals surface area contributed by atoms with Gasteiger partial charge >= 0.3 is 0 Å². The average Bonchev–Trinajstić information content (AvgIpc) is 2.42. The van der Waals surface area contributed by atoms with E-state index in [4.69, 9.17) is 5.73 Å². The molecular weight excluding hydrogens is 245 g/mol. The number of carbonyl (C=O) groups excluding carboxylic acids is 1. The number of aromatic nitrogens is 1. The van der Waals surface area contributed by atoms with Crippen LogP contribution in [0.4, 0.5) is 10.2 Å². The van der Waals surface area contributed by atoms with Crippen LogP contribution in [0.5, 0.6) is 0 Å². The van der Waals surface area contributed by atoms with Crippen LogP contribution in [0.25, 0.3) is 0 Å². The van der Waals surface area contributed by atoms with Gasteiger partial charge in [-0.3, -0.25) is 4.79 Å². The van der Waals surface area contributed by atoms with Gasteiger partial charge in [-0.05, 0) is 23.3 Å². The van der Waals surface area contributed by atoms with Crippen molar-refractivity contribution in [2.75, 3.05) is 5.32 Å². The first kappa shape index (κ1) is 13.2. The largest absolute Gasteiger partial charge is 0.326 e. The minimum atomic E-state index is -0.438. The lowest BCUT2D eigenvalue weighted by atomic mass is 10.0. The predicted octanol–water partition coefficient (Wildman–Crippen LogP) is 1.86. The van der Waals surface area contributed by atoms with E-state index in [-0.39, 0.29) is 12.3 Å². The number of hydrogen-bond donors (Lipinski definition) is 2. The van der Waals surface area contributed by atoms with Crippen molar-refractivity contribution in [1.29, 1.82) is 0 Å². The number of carbonyl (C=O) groups is 1. The first-order chi connectivity index (χ1) is 9.19. The number of hydrogen-bond acceptors (Lipinski definition) is 3. The van der Waals surface area contributed by atoms with E-state index in [1.807, 2.05) is 24.3 Å². The van der Waals surface area contributed by atoms with Crippen LogP contribution < -0.4 is 11.1 Å². The molecule has 2 rings (SSSR count). The van der Waals surface area contributed by atoms with Crippen molar-refractivity contribution in [3.8, 4) is 0 Å². The molecule has 3 N–H and O–H groups in total. The Bertz CT molecular complexity index is 569. The molecule has 1 heterocycles. The van der Waals surface area contributed by atoms with E-state index in [9.17, 15) is 9.18 Å². The summed E-state index contributed by atoms with van der Waals surface area (Å²) in [6.07, 6.45) is 1.27. The van der Waals surface area contributed by atoms with Crippen LogP contribution in [-0.2, 0) is 17.8 Å². The van der Waals surface area contributed by atoms with E-state index >= 15 is 0 Å². The van der Waals surface area contributed by atoms with Crippen LogP contribution in [0, 0.1) is 5.82 Å². The van der Waals surface area contributed by atoms with Gasteiger partial charge in [-0.2, -0.15) is 0 Å². The normalized spacial score (nSPS) is 10.2. The zero-order valence-corrected chi connectivity index (χ0v) is 10.3. The van der Waals surface area contributed by atoms with Crippen molar-refractivity contribution in [2.45, 2.75) is 13.0 Å². The van der Waals surface area contributed by atoms with Crippen molar-refractivity contribution >= 4 is 11.7 Å². The number of rotatable bonds is 4. The molecule has 1 amide bonds. The fourth-order valence-electron chi connectivity index (χ4n) is 1.74. The Morgan fingerprint density at radius 1 is 1.21 bits per heavy atom. The minimum absolute atomic E-state index is 0.208. The molecule has 0 atom stereocenters. The number of nitrogens with zero attached hydrogens (tertiary/aromatic N) is 1. The molecule has 0 fully saturated rings. The average molecular weight is 259 g/mol. The molecular formula is C14H14FN3O. The van der Waals surface area contributed by atoms with Gasteiger partial charge in [0.05, 0.1) is 12.6 Å². The molecule has 1 aromatic carbocycles. The number of nitrogens with two attached hydrogens (primary N) is 1. The first-order valence-electron chi connectivity index (χ1n) is 5.87. The molecule has 0 aliphatic heterocycles. The monoisotopic (exact) mass is 259 g/mol. The fraction of sp³-hybridized carbons (Fsp3) is 0.143. The Hall–Kier alpha value is -2.27. The van der Waals surface area contributed by atoms with Crippen molar-refractivity contribution in [1.82, 2.24) is 4.98 Å². The lowest BCUT2D eigenvalue weighted by molar-refractivity contribution is -0.115. The van der Waals surface area contributed by atoms with Crippen LogP contribution in [0.15, 0.2) is 42.6 Å². The highest BCUT2D eigenvalue weighted by molar-refractivity contribution is 5.91. The Labute approximate surface area is 110 Å². The maximum atomic E-state index is 12.7. The van der Waals surface area contributed by atoms with E-state index in [0.717, 1.165) is 17.3 Å². The summed E-state index contributed by atoms with van der Waals surface area (Å²) >= 11 is 0. The van der Waals surface area contributed by atoms with Gasteiger partial charge in [0, 0.05) is 6.54 Å². The van der Waals surface area contributed by atoms with Crippen molar-refractivity contribution < 1.29 is 9.18 Å². The second-order valence-electron chi connectivity index (χ2n) is 4.06. The van der Waals surface area contributed by atoms with Gasteiger partial charge in [0.2, 0.25) is 5.91 Å². The Morgan fingerprint density at radius 3 is 2.58 bits per heavy atom. The first-order valence-corrected chi connectivity index (χ1v) is 5.87. The molecule has 0 saturated carbocycles. The number of pyridine rings is 1. The quantitative estimate of drug-likeness (QED) is 0.880. The zero-order chi connectivity index (χ0) is 13.7. The van der Waals surface area contributed by atoms with Crippen LogP contribution in [0.2, 0.25) is 0 Å². The maximum Gasteiger partial charge on any atom is 0.229 e. The summed E-state index contributed by atoms with van der Waals surface area (Å²) in [7, 11) is 0. The van der Waals surface area contributed by atoms with E-state index < -0.39 is 5.82 Å². The van der Waals surface area contributed by atoms with Gasteiger partial charge in [-0.1, -0.05) is 24.3 Å². The van der Waals surface area contributed by atoms with Gasteiger partial charge in [0.25, 0.3) is 0 Å². The standard InChI is InChI=1S/C14H14FN3O/c15-12-5-6-13(17-9-12)18-14(19)7-10-3-1-2-4-11(10)8-16/h1-6,9H,7-8,16H2,(H,17,18,19). The molecule has 2 aromatic rings. The molecule has 0 radical (unpaired) electrons. The van der Waals surface area contributed by atoms with E-state index in [0.29, 0.717) is 12.4 Å². The SMILES string of the molecule is NCc1ccccc1CC(=O)Nc1ccc(F)cn1. The molecule has 0 aliphatic rings. The summed E-state index contributed by atoms with van der Waals surface area (Å²) < 4.78 is 12.7. The summed E-state index contributed by atoms with van der Waals surface area (Å²) in [5.74, 6) is -0.317. The van der Waals surface area contributed by atoms with Crippen molar-refractivity contribution in [3.63, 3.8) is 0 Å². The number of halogens is 1. The topological polar surface area (TPSA) is 68.0 Å². The summed E-state index contributed by atoms with van der Waals surface area (Å²) in [6, 6.07) is 10.2. The van der Waals surface area contributed by atoms with E-state index in [2.05, 4.69) is 10.3 Å². The lowest BCUT2D eigenvalue weighted by Gasteiger charge is -2.08. The lowest BCUT2D eigenvalue weighted by Crippen LogP contribution is -2.16. The molecule has 0 unspecified atom stereocenters. The van der Waals surface area contributed by atoms with Crippen LogP contribution in [0.1, 0.15) is 11.1 Å². The fourth-order valence-corrected chi connectivity index (χ4v) is 1.74. The molecule has 1 aromatic heterocycles. The third kappa shape index (κ3) is 3.59. The second kappa shape index (κ2) is 6.06. The molecule has 98 valence electrons. The number of nitrogens with one attached hydrogen (secondary N) is 1. The molecule has 4 nitrogen and oxygen atoms in total. The van der Waals surface area contributed by atoms with Gasteiger partial charge < -0.3 is 11.1 Å². The Kier molecular flexibility index (Phi) is 4.20. The smallest absolute Gasteiger partial charge is 0.229 e. The van der Waals surface area contributed by atoms with Gasteiger partial charge in [0.15, 0.2) is 0 Å². The highest BCUT2D eigenvalue weighted by atomic mass is 19.1. The molecule has 0 spiro atoms. The summed E-state index contributed by atoms with van der Waals surface area (Å²) in [6.45, 7) is 0.387. The molecule has 0 bridgehead atoms. The van der Waals surface area contributed by atoms with E-state index in [1.165, 1.54) is 12.1 Å². The van der Waals surface area contributed by atoms with Crippen LogP contribution >= 0.6 is 0 Å². The summed E-state index contributed by atoms with van der Waals surface area (Å²) in [5, 5.41) is 2.61. The third-order valence-corrected chi connectivity index (χ3v) is 2.68. The Balaban J connectivity index is 2.03. The number of benzene rings is 1. The van der Waals surface area contributed by atoms with Gasteiger partial charge in [-0.25, -0.2) is 9.37 Å². The van der Waals surface area contributed by atoms with Gasteiger partial charge in [-0.15, -0.1) is 0 Å². The highest BCUT2D eigenvalue weighted by Crippen LogP contribution is 2.10. The Morgan fingerprint density at radius 2 is 1.95 bits per heavy atom. The van der Waals surface area contributed by atoms with Crippen LogP contribution in [0.3, 0.4) is 0 Å². The maximum absolute atomic E-state index is 12.7. The third-order valence-electron chi connectivity index (χ3n) is 2.68. The van der Waals surface area contributed by atoms with Gasteiger partial charge in [0.1, 0.15) is 11.6 Å². The second-order valence-corrected chi connectivity index (χ2v) is 4.06. The number of amides is 1. The predicted molar refractivity (Wildman–Crippen MR) is 70.9 cm³/mol. The molecule has 0 saturated heterocycles. The number of anilines is 1. The van der Waals surface area contributed by atoms with Crippen molar-refractivity contribution in [2.24, 2.45) is 5.73 Å². The van der Waals surface area contributed by atoms with E-state index in [1.54, 1.807) is 0 Å². The summed E-state index contributed by atoms with van der Waals surface area (Å²) in [4.78, 5) is 15.6.